The fraction of sp³-hybridized carbons (Fsp3) is 0.793. The van der Waals surface area contributed by atoms with Crippen molar-refractivity contribution in [2.45, 2.75) is 109 Å². The number of nitrogens with zero attached hydrogens (tertiary/aromatic N) is 1. The van der Waals surface area contributed by atoms with Gasteiger partial charge in [-0.1, -0.05) is 32.1 Å². The van der Waals surface area contributed by atoms with Gasteiger partial charge in [0.25, 0.3) is 0 Å². The second-order valence-corrected chi connectivity index (χ2v) is 11.6. The van der Waals surface area contributed by atoms with Gasteiger partial charge in [-0.2, -0.15) is 13.2 Å². The van der Waals surface area contributed by atoms with Crippen LogP contribution < -0.4 is 21.1 Å². The molecule has 0 aromatic heterocycles. The van der Waals surface area contributed by atoms with Crippen molar-refractivity contribution < 1.29 is 62.6 Å². The summed E-state index contributed by atoms with van der Waals surface area (Å²) in [5.74, 6) is -6.10. The van der Waals surface area contributed by atoms with E-state index in [2.05, 4.69) is 16.0 Å². The van der Waals surface area contributed by atoms with Crippen LogP contribution in [0.4, 0.5) is 13.2 Å². The Balaban J connectivity index is 0.00000129. The SMILES string of the molecule is CCN(CC(=O)N[C@@H](CC(=O)O)C(=O)N[C@@H](CCC1CCCCC1)C(=O)O)C(=O)CCCC1CC[NH2+]CC1.O=C([O-])C(F)(F)F. The average molecular weight is 653 g/mol. The highest BCUT2D eigenvalue weighted by molar-refractivity contribution is 5.94. The predicted molar refractivity (Wildman–Crippen MR) is 151 cm³/mol. The molecule has 1 aliphatic heterocycles. The number of hydrogen-bond acceptors (Lipinski definition) is 7. The lowest BCUT2D eigenvalue weighted by atomic mass is 9.85. The minimum atomic E-state index is -5.19. The lowest BCUT2D eigenvalue weighted by Crippen LogP contribution is -2.86. The summed E-state index contributed by atoms with van der Waals surface area (Å²) in [4.78, 5) is 71.5. The van der Waals surface area contributed by atoms with Gasteiger partial charge in [0.2, 0.25) is 17.7 Å². The largest absolute Gasteiger partial charge is 0.542 e. The Bertz CT molecular complexity index is 985. The molecule has 0 unspecified atom stereocenters. The van der Waals surface area contributed by atoms with Gasteiger partial charge in [0, 0.05) is 13.0 Å². The van der Waals surface area contributed by atoms with Crippen LogP contribution in [0.2, 0.25) is 0 Å². The minimum Gasteiger partial charge on any atom is -0.542 e. The summed E-state index contributed by atoms with van der Waals surface area (Å²) < 4.78 is 31.5. The van der Waals surface area contributed by atoms with E-state index in [1.54, 1.807) is 6.92 Å². The van der Waals surface area contributed by atoms with Gasteiger partial charge in [-0.3, -0.25) is 19.2 Å². The number of quaternary nitrogens is 1. The lowest BCUT2D eigenvalue weighted by molar-refractivity contribution is -0.664. The van der Waals surface area contributed by atoms with E-state index in [0.717, 1.165) is 64.5 Å². The number of carboxylic acid groups (broad SMARTS) is 3. The van der Waals surface area contributed by atoms with Gasteiger partial charge in [0.1, 0.15) is 18.1 Å². The molecule has 0 spiro atoms. The van der Waals surface area contributed by atoms with Gasteiger partial charge in [0.15, 0.2) is 0 Å². The van der Waals surface area contributed by atoms with Gasteiger partial charge >= 0.3 is 18.1 Å². The van der Waals surface area contributed by atoms with Crippen molar-refractivity contribution in [3.05, 3.63) is 0 Å². The molecule has 13 nitrogen and oxygen atoms in total. The van der Waals surface area contributed by atoms with Crippen LogP contribution in [-0.2, 0) is 28.8 Å². The Morgan fingerprint density at radius 2 is 1.49 bits per heavy atom. The molecular weight excluding hydrogens is 605 g/mol. The first-order valence-corrected chi connectivity index (χ1v) is 15.6. The van der Waals surface area contributed by atoms with Crippen molar-refractivity contribution >= 4 is 35.6 Å². The molecule has 2 rings (SSSR count). The fourth-order valence-electron chi connectivity index (χ4n) is 5.57. The zero-order valence-corrected chi connectivity index (χ0v) is 25.7. The molecule has 1 heterocycles. The Hall–Kier alpha value is -3.43. The zero-order chi connectivity index (χ0) is 34.0. The summed E-state index contributed by atoms with van der Waals surface area (Å²) >= 11 is 0. The maximum Gasteiger partial charge on any atom is 0.430 e. The van der Waals surface area contributed by atoms with Crippen molar-refractivity contribution in [3.63, 3.8) is 0 Å². The fourth-order valence-corrected chi connectivity index (χ4v) is 5.57. The van der Waals surface area contributed by atoms with E-state index in [4.69, 9.17) is 9.90 Å². The van der Waals surface area contributed by atoms with Crippen molar-refractivity contribution in [2.24, 2.45) is 11.8 Å². The number of carbonyl (C=O) groups excluding carboxylic acids is 4. The summed E-state index contributed by atoms with van der Waals surface area (Å²) in [5.41, 5.74) is 0. The van der Waals surface area contributed by atoms with Crippen LogP contribution >= 0.6 is 0 Å². The Kier molecular flexibility index (Phi) is 18.1. The van der Waals surface area contributed by atoms with Gasteiger partial charge in [-0.15, -0.1) is 0 Å². The number of aliphatic carboxylic acids is 3. The molecule has 0 aromatic carbocycles. The Morgan fingerprint density at radius 3 is 2.00 bits per heavy atom. The maximum absolute atomic E-state index is 12.8. The first kappa shape index (κ1) is 39.6. The van der Waals surface area contributed by atoms with Crippen molar-refractivity contribution in [1.29, 1.82) is 0 Å². The van der Waals surface area contributed by atoms with E-state index in [-0.39, 0.29) is 18.9 Å². The van der Waals surface area contributed by atoms with Crippen molar-refractivity contribution in [2.75, 3.05) is 26.2 Å². The van der Waals surface area contributed by atoms with Gasteiger partial charge in [-0.25, -0.2) is 4.79 Å². The smallest absolute Gasteiger partial charge is 0.430 e. The molecule has 6 N–H and O–H groups in total. The van der Waals surface area contributed by atoms with Gasteiger partial charge in [0.05, 0.1) is 26.1 Å². The molecule has 1 aliphatic carbocycles. The monoisotopic (exact) mass is 652 g/mol. The number of carbonyl (C=O) groups is 6. The topological polar surface area (TPSA) is 210 Å². The third kappa shape index (κ3) is 17.0. The molecule has 2 fully saturated rings. The highest BCUT2D eigenvalue weighted by Gasteiger charge is 2.30. The predicted octanol–water partition coefficient (Wildman–Crippen LogP) is 0.167. The van der Waals surface area contributed by atoms with E-state index >= 15 is 0 Å². The average Bonchev–Trinajstić information content (AvgIpc) is 2.98. The summed E-state index contributed by atoms with van der Waals surface area (Å²) in [6.07, 6.45) is 4.94. The molecule has 2 aliphatic rings. The Morgan fingerprint density at radius 1 is 0.911 bits per heavy atom. The quantitative estimate of drug-likeness (QED) is 0.154. The molecule has 3 amide bonds. The molecule has 16 heteroatoms. The van der Waals surface area contributed by atoms with Crippen LogP contribution in [0.3, 0.4) is 0 Å². The standard InChI is InChI=1S/C27H46N4O7.C2HF3O2/c1-2-31(24(33)10-6-9-20-13-15-28-16-14-20)18-23(32)29-22(17-25(34)35)26(36)30-21(27(37)38)12-11-19-7-4-3-5-8-19;3-2(4,5)1(6)7/h19-22,28H,2-18H2,1H3,(H,29,32)(H,30,36)(H,34,35)(H,37,38);(H,6,7)/t21-,22-;/m0./s1. The number of piperidine rings is 1. The number of carboxylic acids is 3. The van der Waals surface area contributed by atoms with Crippen LogP contribution in [0.5, 0.6) is 0 Å². The number of alkyl halides is 3. The van der Waals surface area contributed by atoms with Crippen molar-refractivity contribution in [1.82, 2.24) is 15.5 Å². The van der Waals surface area contributed by atoms with Crippen LogP contribution in [0.25, 0.3) is 0 Å². The number of likely N-dealkylation sites (N-methyl/N-ethyl adjacent to an activating group) is 1. The third-order valence-corrected chi connectivity index (χ3v) is 8.09. The van der Waals surface area contributed by atoms with Crippen molar-refractivity contribution in [3.8, 4) is 0 Å². The number of halogens is 3. The van der Waals surface area contributed by atoms with E-state index in [1.165, 1.54) is 11.3 Å². The zero-order valence-electron chi connectivity index (χ0n) is 25.7. The molecule has 1 saturated heterocycles. The van der Waals surface area contributed by atoms with E-state index in [1.807, 2.05) is 0 Å². The molecule has 45 heavy (non-hydrogen) atoms. The van der Waals surface area contributed by atoms with E-state index in [0.29, 0.717) is 31.2 Å². The molecule has 258 valence electrons. The number of nitrogens with two attached hydrogens (primary N) is 1. The third-order valence-electron chi connectivity index (χ3n) is 8.09. The number of hydrogen-bond donors (Lipinski definition) is 5. The van der Waals surface area contributed by atoms with Crippen LogP contribution in [0, 0.1) is 11.8 Å². The maximum atomic E-state index is 12.8. The van der Waals surface area contributed by atoms with Crippen LogP contribution in [0.1, 0.15) is 90.4 Å². The molecule has 0 radical (unpaired) electrons. The molecular formula is C29H47F3N4O9. The van der Waals surface area contributed by atoms with Crippen LogP contribution in [0.15, 0.2) is 0 Å². The Labute approximate surface area is 260 Å². The molecule has 0 aromatic rings. The second kappa shape index (κ2) is 20.6. The highest BCUT2D eigenvalue weighted by Crippen LogP contribution is 2.27. The number of nitrogens with one attached hydrogen (secondary N) is 2. The molecule has 0 bridgehead atoms. The molecule has 1 saturated carbocycles. The summed E-state index contributed by atoms with van der Waals surface area (Å²) in [7, 11) is 0. The first-order chi connectivity index (χ1) is 21.1. The summed E-state index contributed by atoms with van der Waals surface area (Å²) in [5, 5.41) is 34.8. The summed E-state index contributed by atoms with van der Waals surface area (Å²) in [6.45, 7) is 4.02. The first-order valence-electron chi connectivity index (χ1n) is 15.6. The van der Waals surface area contributed by atoms with Gasteiger partial charge in [-0.05, 0) is 57.3 Å². The van der Waals surface area contributed by atoms with Crippen LogP contribution in [-0.4, -0.2) is 95.2 Å². The molecule has 2 atom stereocenters. The lowest BCUT2D eigenvalue weighted by Gasteiger charge is -2.25. The summed E-state index contributed by atoms with van der Waals surface area (Å²) in [6, 6.07) is -2.60. The normalized spacial score (nSPS) is 17.2. The second-order valence-electron chi connectivity index (χ2n) is 11.6. The highest BCUT2D eigenvalue weighted by atomic mass is 19.4. The van der Waals surface area contributed by atoms with E-state index in [9.17, 15) is 47.4 Å². The van der Waals surface area contributed by atoms with E-state index < -0.39 is 54.4 Å². The van der Waals surface area contributed by atoms with Gasteiger partial charge < -0.3 is 41.0 Å². The number of amides is 3. The number of rotatable bonds is 16. The minimum absolute atomic E-state index is 0.155.